The summed E-state index contributed by atoms with van der Waals surface area (Å²) in [4.78, 5) is 11.7. The number of nitrogens with two attached hydrogens (primary N) is 1. The van der Waals surface area contributed by atoms with Crippen LogP contribution >= 0.6 is 0 Å². The van der Waals surface area contributed by atoms with Gasteiger partial charge >= 0.3 is 0 Å². The topological polar surface area (TPSA) is 67.1 Å². The van der Waals surface area contributed by atoms with Crippen LogP contribution in [0.25, 0.3) is 0 Å². The van der Waals surface area contributed by atoms with E-state index in [1.54, 1.807) is 0 Å². The van der Waals surface area contributed by atoms with E-state index < -0.39 is 0 Å². The lowest BCUT2D eigenvalue weighted by atomic mass is 10.0. The van der Waals surface area contributed by atoms with Crippen molar-refractivity contribution in [2.75, 3.05) is 36.8 Å². The number of hydrogen-bond donors (Lipinski definition) is 2. The molecule has 0 aromatic carbocycles. The number of rotatable bonds is 7. The maximum atomic E-state index is 6.25. The Bertz CT molecular complexity index is 441. The van der Waals surface area contributed by atoms with Crippen molar-refractivity contribution < 1.29 is 0 Å². The summed E-state index contributed by atoms with van der Waals surface area (Å²) in [6, 6.07) is 0. The normalized spacial score (nSPS) is 15.4. The minimum absolute atomic E-state index is 0.693. The largest absolute Gasteiger partial charge is 0.383 e. The highest BCUT2D eigenvalue weighted by Gasteiger charge is 2.17. The zero-order valence-corrected chi connectivity index (χ0v) is 13.5. The molecule has 5 nitrogen and oxygen atoms in total. The molecule has 0 spiro atoms. The van der Waals surface area contributed by atoms with Crippen LogP contribution in [0.2, 0.25) is 0 Å². The first-order valence-electron chi connectivity index (χ1n) is 8.37. The van der Waals surface area contributed by atoms with Gasteiger partial charge in [-0.3, -0.25) is 0 Å². The van der Waals surface area contributed by atoms with E-state index in [-0.39, 0.29) is 0 Å². The molecule has 1 aromatic rings. The summed E-state index contributed by atoms with van der Waals surface area (Å²) in [5.41, 5.74) is 8.60. The van der Waals surface area contributed by atoms with Crippen molar-refractivity contribution in [1.29, 1.82) is 0 Å². The van der Waals surface area contributed by atoms with E-state index >= 15 is 0 Å². The molecule has 0 atom stereocenters. The highest BCUT2D eigenvalue weighted by Crippen LogP contribution is 2.22. The Balaban J connectivity index is 2.24. The van der Waals surface area contributed by atoms with Gasteiger partial charge in [0.05, 0.1) is 5.69 Å². The summed E-state index contributed by atoms with van der Waals surface area (Å²) in [6.45, 7) is 8.32. The fraction of sp³-hybridized carbons (Fsp3) is 0.750. The summed E-state index contributed by atoms with van der Waals surface area (Å²) in [5.74, 6) is 1.51. The molecule has 1 aliphatic rings. The third-order valence-corrected chi connectivity index (χ3v) is 4.06. The fourth-order valence-electron chi connectivity index (χ4n) is 2.72. The van der Waals surface area contributed by atoms with Gasteiger partial charge < -0.3 is 16.0 Å². The Morgan fingerprint density at radius 1 is 1.05 bits per heavy atom. The van der Waals surface area contributed by atoms with Crippen LogP contribution in [0.3, 0.4) is 0 Å². The minimum atomic E-state index is 0.693. The van der Waals surface area contributed by atoms with Crippen molar-refractivity contribution in [2.45, 2.75) is 52.4 Å². The van der Waals surface area contributed by atoms with Gasteiger partial charge in [0.15, 0.2) is 0 Å². The Morgan fingerprint density at radius 3 is 2.38 bits per heavy atom. The van der Waals surface area contributed by atoms with Crippen molar-refractivity contribution >= 4 is 11.8 Å². The summed E-state index contributed by atoms with van der Waals surface area (Å²) < 4.78 is 0. The SMILES string of the molecule is CCCCc1nc(N2CCNCC2)nc(N)c1CCCC. The molecule has 2 heterocycles. The molecular weight excluding hydrogens is 262 g/mol. The molecule has 0 bridgehead atoms. The Hall–Kier alpha value is -1.36. The Morgan fingerprint density at radius 2 is 1.71 bits per heavy atom. The van der Waals surface area contributed by atoms with Gasteiger partial charge in [0.1, 0.15) is 5.82 Å². The molecule has 0 amide bonds. The number of nitrogens with zero attached hydrogens (tertiary/aromatic N) is 3. The molecule has 21 heavy (non-hydrogen) atoms. The Labute approximate surface area is 128 Å². The van der Waals surface area contributed by atoms with Crippen LogP contribution in [0, 0.1) is 0 Å². The molecule has 1 fully saturated rings. The molecule has 1 aliphatic heterocycles. The van der Waals surface area contributed by atoms with Crippen molar-refractivity contribution in [3.8, 4) is 0 Å². The first-order valence-corrected chi connectivity index (χ1v) is 8.37. The summed E-state index contributed by atoms with van der Waals surface area (Å²) >= 11 is 0. The average molecular weight is 291 g/mol. The molecule has 118 valence electrons. The molecule has 5 heteroatoms. The lowest BCUT2D eigenvalue weighted by Crippen LogP contribution is -2.44. The van der Waals surface area contributed by atoms with Crippen LogP contribution in [0.1, 0.15) is 50.8 Å². The molecule has 0 saturated carbocycles. The van der Waals surface area contributed by atoms with Gasteiger partial charge in [-0.25, -0.2) is 4.98 Å². The number of nitrogens with one attached hydrogen (secondary N) is 1. The number of unbranched alkanes of at least 4 members (excludes halogenated alkanes) is 2. The van der Waals surface area contributed by atoms with Gasteiger partial charge in [0.2, 0.25) is 5.95 Å². The zero-order chi connectivity index (χ0) is 15.1. The molecule has 1 saturated heterocycles. The predicted octanol–water partition coefficient (Wildman–Crippen LogP) is 2.15. The van der Waals surface area contributed by atoms with Crippen molar-refractivity contribution in [1.82, 2.24) is 15.3 Å². The third-order valence-electron chi connectivity index (χ3n) is 4.06. The Kier molecular flexibility index (Phi) is 6.23. The maximum Gasteiger partial charge on any atom is 0.227 e. The second kappa shape index (κ2) is 8.17. The number of aryl methyl sites for hydroxylation is 1. The lowest BCUT2D eigenvalue weighted by molar-refractivity contribution is 0.578. The average Bonchev–Trinajstić information content (AvgIpc) is 2.52. The summed E-state index contributed by atoms with van der Waals surface area (Å²) in [5, 5.41) is 3.36. The number of hydrogen-bond acceptors (Lipinski definition) is 5. The second-order valence-corrected chi connectivity index (χ2v) is 5.78. The summed E-state index contributed by atoms with van der Waals surface area (Å²) in [7, 11) is 0. The van der Waals surface area contributed by atoms with Crippen LogP contribution < -0.4 is 16.0 Å². The van der Waals surface area contributed by atoms with Crippen molar-refractivity contribution in [3.63, 3.8) is 0 Å². The first-order chi connectivity index (χ1) is 10.3. The zero-order valence-electron chi connectivity index (χ0n) is 13.5. The van der Waals surface area contributed by atoms with Crippen LogP contribution in [0.4, 0.5) is 11.8 Å². The van der Waals surface area contributed by atoms with E-state index in [0.29, 0.717) is 5.82 Å². The molecule has 3 N–H and O–H groups in total. The highest BCUT2D eigenvalue weighted by molar-refractivity contribution is 5.48. The molecule has 2 rings (SSSR count). The van der Waals surface area contributed by atoms with Crippen LogP contribution in [-0.4, -0.2) is 36.1 Å². The fourth-order valence-corrected chi connectivity index (χ4v) is 2.72. The number of nitrogen functional groups attached to an aromatic ring is 1. The predicted molar refractivity (Wildman–Crippen MR) is 88.8 cm³/mol. The van der Waals surface area contributed by atoms with Gasteiger partial charge in [-0.15, -0.1) is 0 Å². The minimum Gasteiger partial charge on any atom is -0.383 e. The number of piperazine rings is 1. The molecule has 0 radical (unpaired) electrons. The van der Waals surface area contributed by atoms with E-state index in [2.05, 4.69) is 29.0 Å². The van der Waals surface area contributed by atoms with Crippen LogP contribution in [0.5, 0.6) is 0 Å². The smallest absolute Gasteiger partial charge is 0.227 e. The quantitative estimate of drug-likeness (QED) is 0.806. The standard InChI is InChI=1S/C16H29N5/c1-3-5-7-13-14(8-6-4-2)19-16(20-15(13)17)21-11-9-18-10-12-21/h18H,3-12H2,1-2H3,(H2,17,19,20). The van der Waals surface area contributed by atoms with Crippen LogP contribution in [-0.2, 0) is 12.8 Å². The van der Waals surface area contributed by atoms with Gasteiger partial charge in [0, 0.05) is 31.7 Å². The van der Waals surface area contributed by atoms with E-state index in [1.165, 1.54) is 24.1 Å². The van der Waals surface area contributed by atoms with E-state index in [1.807, 2.05) is 0 Å². The number of aromatic nitrogens is 2. The molecule has 0 unspecified atom stereocenters. The monoisotopic (exact) mass is 291 g/mol. The molecule has 1 aromatic heterocycles. The van der Waals surface area contributed by atoms with E-state index in [9.17, 15) is 0 Å². The van der Waals surface area contributed by atoms with E-state index in [4.69, 9.17) is 10.7 Å². The first kappa shape index (κ1) is 16.0. The number of anilines is 2. The second-order valence-electron chi connectivity index (χ2n) is 5.78. The van der Waals surface area contributed by atoms with Gasteiger partial charge in [-0.1, -0.05) is 26.7 Å². The lowest BCUT2D eigenvalue weighted by Gasteiger charge is -2.28. The molecular formula is C16H29N5. The van der Waals surface area contributed by atoms with Crippen molar-refractivity contribution in [3.05, 3.63) is 11.3 Å². The highest BCUT2D eigenvalue weighted by atomic mass is 15.3. The van der Waals surface area contributed by atoms with E-state index in [0.717, 1.165) is 57.8 Å². The maximum absolute atomic E-state index is 6.25. The third kappa shape index (κ3) is 4.30. The van der Waals surface area contributed by atoms with Gasteiger partial charge in [0.25, 0.3) is 0 Å². The molecule has 0 aliphatic carbocycles. The van der Waals surface area contributed by atoms with Crippen LogP contribution in [0.15, 0.2) is 0 Å². The van der Waals surface area contributed by atoms with Crippen molar-refractivity contribution in [2.24, 2.45) is 0 Å². The van der Waals surface area contributed by atoms with Gasteiger partial charge in [-0.05, 0) is 25.7 Å². The summed E-state index contributed by atoms with van der Waals surface area (Å²) in [6.07, 6.45) is 6.69. The van der Waals surface area contributed by atoms with Gasteiger partial charge in [-0.2, -0.15) is 4.98 Å².